The van der Waals surface area contributed by atoms with Crippen LogP contribution in [0, 0.1) is 5.92 Å². The number of piperidine rings is 1. The Kier molecular flexibility index (Phi) is 5.15. The monoisotopic (exact) mass is 346 g/mol. The van der Waals surface area contributed by atoms with Gasteiger partial charge in [-0.05, 0) is 37.1 Å². The summed E-state index contributed by atoms with van der Waals surface area (Å²) < 4.78 is 5.12. The molecule has 3 rings (SSSR count). The van der Waals surface area contributed by atoms with Gasteiger partial charge in [0.25, 0.3) is 0 Å². The fraction of sp³-hybridized carbons (Fsp3) is 0.353. The zero-order chi connectivity index (χ0) is 16.9. The molecule has 0 spiro atoms. The first kappa shape index (κ1) is 16.5. The largest absolute Gasteiger partial charge is 0.495 e. The van der Waals surface area contributed by atoms with Crippen LogP contribution in [0.2, 0.25) is 5.02 Å². The molecule has 2 heterocycles. The number of hydrogen-bond acceptors (Lipinski definition) is 5. The van der Waals surface area contributed by atoms with Crippen LogP contribution < -0.4 is 15.0 Å². The quantitative estimate of drug-likeness (QED) is 0.921. The van der Waals surface area contributed by atoms with Crippen LogP contribution in [0.25, 0.3) is 0 Å². The predicted octanol–water partition coefficient (Wildman–Crippen LogP) is 2.99. The van der Waals surface area contributed by atoms with E-state index in [2.05, 4.69) is 20.2 Å². The number of amides is 1. The maximum absolute atomic E-state index is 12.6. The van der Waals surface area contributed by atoms with Gasteiger partial charge in [-0.2, -0.15) is 0 Å². The third kappa shape index (κ3) is 3.76. The zero-order valence-corrected chi connectivity index (χ0v) is 14.2. The van der Waals surface area contributed by atoms with Gasteiger partial charge in [0.05, 0.1) is 18.1 Å². The molecule has 0 bridgehead atoms. The number of methoxy groups -OCH3 is 1. The van der Waals surface area contributed by atoms with Crippen LogP contribution in [-0.2, 0) is 4.79 Å². The molecular formula is C17H19ClN4O2. The summed E-state index contributed by atoms with van der Waals surface area (Å²) >= 11 is 6.10. The second-order valence-corrected chi connectivity index (χ2v) is 6.08. The molecule has 7 heteroatoms. The first-order valence-electron chi connectivity index (χ1n) is 7.84. The van der Waals surface area contributed by atoms with Crippen molar-refractivity contribution in [2.75, 3.05) is 30.4 Å². The lowest BCUT2D eigenvalue weighted by Gasteiger charge is -2.31. The van der Waals surface area contributed by atoms with Gasteiger partial charge in [-0.1, -0.05) is 11.6 Å². The summed E-state index contributed by atoms with van der Waals surface area (Å²) in [6.45, 7) is 1.47. The minimum atomic E-state index is -0.108. The molecule has 0 radical (unpaired) electrons. The molecule has 1 fully saturated rings. The van der Waals surface area contributed by atoms with E-state index in [4.69, 9.17) is 16.3 Å². The van der Waals surface area contributed by atoms with Crippen molar-refractivity contribution in [2.24, 2.45) is 5.92 Å². The number of rotatable bonds is 4. The number of halogens is 1. The highest BCUT2D eigenvalue weighted by Gasteiger charge is 2.27. The molecule has 24 heavy (non-hydrogen) atoms. The Balaban J connectivity index is 1.65. The van der Waals surface area contributed by atoms with Crippen molar-refractivity contribution in [1.29, 1.82) is 0 Å². The van der Waals surface area contributed by atoms with E-state index in [-0.39, 0.29) is 11.8 Å². The van der Waals surface area contributed by atoms with Gasteiger partial charge >= 0.3 is 0 Å². The topological polar surface area (TPSA) is 67.3 Å². The molecule has 126 valence electrons. The summed E-state index contributed by atoms with van der Waals surface area (Å²) in [5, 5.41) is 3.40. The van der Waals surface area contributed by atoms with Crippen molar-refractivity contribution in [3.63, 3.8) is 0 Å². The molecule has 1 unspecified atom stereocenters. The SMILES string of the molecule is COc1ccc(NC(=O)C2CCCN(c3ncccn3)C2)cc1Cl. The lowest BCUT2D eigenvalue weighted by atomic mass is 9.97. The van der Waals surface area contributed by atoms with Crippen LogP contribution in [0.5, 0.6) is 5.75 Å². The minimum Gasteiger partial charge on any atom is -0.495 e. The molecule has 1 aliphatic heterocycles. The van der Waals surface area contributed by atoms with Gasteiger partial charge in [-0.15, -0.1) is 0 Å². The molecule has 1 saturated heterocycles. The Bertz CT molecular complexity index is 711. The summed E-state index contributed by atoms with van der Waals surface area (Å²) in [5.41, 5.74) is 0.666. The van der Waals surface area contributed by atoms with Crippen molar-refractivity contribution in [3.8, 4) is 5.75 Å². The Morgan fingerprint density at radius 1 is 1.38 bits per heavy atom. The Hall–Kier alpha value is -2.34. The number of nitrogens with one attached hydrogen (secondary N) is 1. The number of benzene rings is 1. The summed E-state index contributed by atoms with van der Waals surface area (Å²) in [4.78, 5) is 23.1. The fourth-order valence-corrected chi connectivity index (χ4v) is 3.07. The summed E-state index contributed by atoms with van der Waals surface area (Å²) in [7, 11) is 1.56. The van der Waals surface area contributed by atoms with Gasteiger partial charge < -0.3 is 15.0 Å². The second-order valence-electron chi connectivity index (χ2n) is 5.67. The molecule has 1 N–H and O–H groups in total. The van der Waals surface area contributed by atoms with E-state index < -0.39 is 0 Å². The highest BCUT2D eigenvalue weighted by molar-refractivity contribution is 6.32. The standard InChI is InChI=1S/C17H19ClN4O2/c1-24-15-6-5-13(10-14(15)18)21-16(23)12-4-2-9-22(11-12)17-19-7-3-8-20-17/h3,5-8,10,12H,2,4,9,11H2,1H3,(H,21,23). The highest BCUT2D eigenvalue weighted by atomic mass is 35.5. The van der Waals surface area contributed by atoms with Crippen molar-refractivity contribution in [3.05, 3.63) is 41.7 Å². The van der Waals surface area contributed by atoms with E-state index in [9.17, 15) is 4.79 Å². The van der Waals surface area contributed by atoms with Crippen LogP contribution in [0.15, 0.2) is 36.7 Å². The number of nitrogens with zero attached hydrogens (tertiary/aromatic N) is 3. The number of anilines is 2. The van der Waals surface area contributed by atoms with Crippen LogP contribution in [0.1, 0.15) is 12.8 Å². The lowest BCUT2D eigenvalue weighted by Crippen LogP contribution is -2.41. The van der Waals surface area contributed by atoms with Gasteiger partial charge in [0.1, 0.15) is 5.75 Å². The fourth-order valence-electron chi connectivity index (χ4n) is 2.82. The smallest absolute Gasteiger partial charge is 0.229 e. The number of carbonyl (C=O) groups is 1. The average Bonchev–Trinajstić information content (AvgIpc) is 2.63. The van der Waals surface area contributed by atoms with Gasteiger partial charge in [0.15, 0.2) is 0 Å². The summed E-state index contributed by atoms with van der Waals surface area (Å²) in [5.74, 6) is 1.13. The maximum Gasteiger partial charge on any atom is 0.229 e. The van der Waals surface area contributed by atoms with Gasteiger partial charge in [0.2, 0.25) is 11.9 Å². The highest BCUT2D eigenvalue weighted by Crippen LogP contribution is 2.28. The predicted molar refractivity (Wildman–Crippen MR) is 93.6 cm³/mol. The van der Waals surface area contributed by atoms with E-state index in [1.165, 1.54) is 0 Å². The Morgan fingerprint density at radius 2 is 2.17 bits per heavy atom. The molecule has 1 amide bonds. The maximum atomic E-state index is 12.6. The van der Waals surface area contributed by atoms with Gasteiger partial charge in [-0.3, -0.25) is 4.79 Å². The summed E-state index contributed by atoms with van der Waals surface area (Å²) in [6.07, 6.45) is 5.20. The molecular weight excluding hydrogens is 328 g/mol. The van der Waals surface area contributed by atoms with Crippen molar-refractivity contribution >= 4 is 29.1 Å². The Morgan fingerprint density at radius 3 is 2.88 bits per heavy atom. The molecule has 1 aromatic carbocycles. The van der Waals surface area contributed by atoms with Crippen LogP contribution in [-0.4, -0.2) is 36.1 Å². The molecule has 0 saturated carbocycles. The average molecular weight is 347 g/mol. The zero-order valence-electron chi connectivity index (χ0n) is 13.4. The molecule has 2 aromatic rings. The molecule has 1 aromatic heterocycles. The van der Waals surface area contributed by atoms with Crippen LogP contribution in [0.4, 0.5) is 11.6 Å². The first-order valence-corrected chi connectivity index (χ1v) is 8.21. The van der Waals surface area contributed by atoms with Crippen molar-refractivity contribution < 1.29 is 9.53 Å². The molecule has 6 nitrogen and oxygen atoms in total. The van der Waals surface area contributed by atoms with Crippen LogP contribution >= 0.6 is 11.6 Å². The van der Waals surface area contributed by atoms with Crippen LogP contribution in [0.3, 0.4) is 0 Å². The third-order valence-corrected chi connectivity index (χ3v) is 4.34. The van der Waals surface area contributed by atoms with E-state index >= 15 is 0 Å². The van der Waals surface area contributed by atoms with Gasteiger partial charge in [-0.25, -0.2) is 9.97 Å². The number of ether oxygens (including phenoxy) is 1. The number of carbonyl (C=O) groups excluding carboxylic acids is 1. The minimum absolute atomic E-state index is 0.0168. The molecule has 0 aliphatic carbocycles. The second kappa shape index (κ2) is 7.49. The number of hydrogen-bond donors (Lipinski definition) is 1. The van der Waals surface area contributed by atoms with E-state index in [0.717, 1.165) is 19.4 Å². The van der Waals surface area contributed by atoms with E-state index in [0.29, 0.717) is 29.0 Å². The first-order chi connectivity index (χ1) is 11.7. The number of aromatic nitrogens is 2. The molecule has 1 atom stereocenters. The van der Waals surface area contributed by atoms with Crippen molar-refractivity contribution in [2.45, 2.75) is 12.8 Å². The van der Waals surface area contributed by atoms with E-state index in [1.807, 2.05) is 0 Å². The van der Waals surface area contributed by atoms with Crippen molar-refractivity contribution in [1.82, 2.24) is 9.97 Å². The Labute approximate surface area is 145 Å². The van der Waals surface area contributed by atoms with E-state index in [1.54, 1.807) is 43.8 Å². The third-order valence-electron chi connectivity index (χ3n) is 4.05. The molecule has 1 aliphatic rings. The summed E-state index contributed by atoms with van der Waals surface area (Å²) in [6, 6.07) is 7.00. The lowest BCUT2D eigenvalue weighted by molar-refractivity contribution is -0.120. The van der Waals surface area contributed by atoms with Gasteiger partial charge in [0, 0.05) is 31.2 Å². The normalized spacial score (nSPS) is 17.4.